The van der Waals surface area contributed by atoms with Crippen molar-refractivity contribution in [2.45, 2.75) is 45.6 Å². The zero-order valence-corrected chi connectivity index (χ0v) is 11.2. The number of carboxylic acid groups (broad SMARTS) is 1. The highest BCUT2D eigenvalue weighted by Gasteiger charge is 2.23. The third-order valence-electron chi connectivity index (χ3n) is 3.23. The number of rotatable bonds is 7. The lowest BCUT2D eigenvalue weighted by molar-refractivity contribution is -0.138. The van der Waals surface area contributed by atoms with Crippen LogP contribution in [0.4, 0.5) is 0 Å². The van der Waals surface area contributed by atoms with E-state index in [1.807, 2.05) is 6.92 Å². The monoisotopic (exact) mass is 257 g/mol. The Kier molecular flexibility index (Phi) is 6.12. The van der Waals surface area contributed by atoms with Gasteiger partial charge in [0.2, 0.25) is 5.91 Å². The van der Waals surface area contributed by atoms with Crippen molar-refractivity contribution in [3.05, 3.63) is 0 Å². The number of amides is 1. The lowest BCUT2D eigenvalue weighted by Gasteiger charge is -2.25. The Morgan fingerprint density at radius 2 is 2.17 bits per heavy atom. The van der Waals surface area contributed by atoms with Gasteiger partial charge in [0.05, 0.1) is 6.10 Å². The molecule has 0 radical (unpaired) electrons. The summed E-state index contributed by atoms with van der Waals surface area (Å²) in [5.74, 6) is -0.937. The van der Waals surface area contributed by atoms with Gasteiger partial charge >= 0.3 is 5.97 Å². The number of carboxylic acids is 1. The first-order chi connectivity index (χ1) is 8.52. The zero-order chi connectivity index (χ0) is 13.5. The minimum Gasteiger partial charge on any atom is -0.481 e. The fourth-order valence-corrected chi connectivity index (χ4v) is 2.24. The highest BCUT2D eigenvalue weighted by atomic mass is 16.5. The van der Waals surface area contributed by atoms with Crippen molar-refractivity contribution < 1.29 is 19.4 Å². The molecule has 1 N–H and O–H groups in total. The average molecular weight is 257 g/mol. The lowest BCUT2D eigenvalue weighted by atomic mass is 10.0. The molecule has 1 heterocycles. The molecule has 0 aliphatic carbocycles. The molecule has 1 saturated heterocycles. The molecule has 5 heteroatoms. The van der Waals surface area contributed by atoms with Gasteiger partial charge in [-0.1, -0.05) is 6.92 Å². The second-order valence-electron chi connectivity index (χ2n) is 4.97. The summed E-state index contributed by atoms with van der Waals surface area (Å²) in [6, 6.07) is 0. The van der Waals surface area contributed by atoms with E-state index >= 15 is 0 Å². The summed E-state index contributed by atoms with van der Waals surface area (Å²) in [5, 5.41) is 8.68. The van der Waals surface area contributed by atoms with Crippen LogP contribution in [-0.2, 0) is 14.3 Å². The highest BCUT2D eigenvalue weighted by Crippen LogP contribution is 2.15. The van der Waals surface area contributed by atoms with Crippen LogP contribution in [0.2, 0.25) is 0 Å². The van der Waals surface area contributed by atoms with Gasteiger partial charge in [0.1, 0.15) is 0 Å². The predicted octanol–water partition coefficient (Wildman–Crippen LogP) is 1.51. The average Bonchev–Trinajstić information content (AvgIpc) is 2.76. The summed E-state index contributed by atoms with van der Waals surface area (Å²) < 4.78 is 5.52. The van der Waals surface area contributed by atoms with Crippen molar-refractivity contribution in [1.82, 2.24) is 4.90 Å². The van der Waals surface area contributed by atoms with Crippen molar-refractivity contribution in [3.63, 3.8) is 0 Å². The number of hydrogen-bond acceptors (Lipinski definition) is 3. The number of ether oxygens (including phenoxy) is 1. The van der Waals surface area contributed by atoms with E-state index in [9.17, 15) is 9.59 Å². The first-order valence-electron chi connectivity index (χ1n) is 6.64. The van der Waals surface area contributed by atoms with Crippen LogP contribution >= 0.6 is 0 Å². The Labute approximate surface area is 108 Å². The maximum absolute atomic E-state index is 12.0. The van der Waals surface area contributed by atoms with Gasteiger partial charge in [-0.05, 0) is 25.7 Å². The van der Waals surface area contributed by atoms with Gasteiger partial charge in [-0.25, -0.2) is 0 Å². The molecule has 2 atom stereocenters. The van der Waals surface area contributed by atoms with Gasteiger partial charge in [-0.15, -0.1) is 0 Å². The molecule has 1 fully saturated rings. The van der Waals surface area contributed by atoms with E-state index in [0.29, 0.717) is 19.5 Å². The van der Waals surface area contributed by atoms with Crippen molar-refractivity contribution in [1.29, 1.82) is 0 Å². The van der Waals surface area contributed by atoms with Crippen LogP contribution in [-0.4, -0.2) is 47.7 Å². The molecule has 1 amide bonds. The fourth-order valence-electron chi connectivity index (χ4n) is 2.24. The SMILES string of the molecule is CCN(CC1CCCO1)C(=O)CC(C)CC(=O)O. The van der Waals surface area contributed by atoms with Gasteiger partial charge in [0.15, 0.2) is 0 Å². The van der Waals surface area contributed by atoms with E-state index in [0.717, 1.165) is 19.4 Å². The van der Waals surface area contributed by atoms with E-state index in [-0.39, 0.29) is 24.3 Å². The van der Waals surface area contributed by atoms with Crippen molar-refractivity contribution in [2.75, 3.05) is 19.7 Å². The smallest absolute Gasteiger partial charge is 0.303 e. The Morgan fingerprint density at radius 3 is 2.67 bits per heavy atom. The minimum atomic E-state index is -0.850. The van der Waals surface area contributed by atoms with Crippen LogP contribution in [0.3, 0.4) is 0 Å². The first-order valence-corrected chi connectivity index (χ1v) is 6.64. The molecule has 0 aromatic heterocycles. The van der Waals surface area contributed by atoms with Gasteiger partial charge in [-0.2, -0.15) is 0 Å². The maximum Gasteiger partial charge on any atom is 0.303 e. The molecule has 0 bridgehead atoms. The summed E-state index contributed by atoms with van der Waals surface area (Å²) in [6.07, 6.45) is 2.57. The standard InChI is InChI=1S/C13H23NO4/c1-3-14(9-11-5-4-6-18-11)12(15)7-10(2)8-13(16)17/h10-11H,3-9H2,1-2H3,(H,16,17). The number of aliphatic carboxylic acids is 1. The van der Waals surface area contributed by atoms with Crippen LogP contribution in [0, 0.1) is 5.92 Å². The fraction of sp³-hybridized carbons (Fsp3) is 0.846. The number of carbonyl (C=O) groups excluding carboxylic acids is 1. The first kappa shape index (κ1) is 15.0. The second-order valence-corrected chi connectivity index (χ2v) is 4.97. The van der Waals surface area contributed by atoms with E-state index in [2.05, 4.69) is 0 Å². The Morgan fingerprint density at radius 1 is 1.44 bits per heavy atom. The third-order valence-corrected chi connectivity index (χ3v) is 3.23. The predicted molar refractivity (Wildman–Crippen MR) is 67.3 cm³/mol. The number of hydrogen-bond donors (Lipinski definition) is 1. The largest absolute Gasteiger partial charge is 0.481 e. The second kappa shape index (κ2) is 7.36. The summed E-state index contributed by atoms with van der Waals surface area (Å²) in [4.78, 5) is 24.4. The molecule has 0 aromatic rings. The molecule has 1 aliphatic heterocycles. The van der Waals surface area contributed by atoms with Gasteiger partial charge in [0, 0.05) is 32.5 Å². The molecule has 0 aromatic carbocycles. The quantitative estimate of drug-likeness (QED) is 0.751. The van der Waals surface area contributed by atoms with Gasteiger partial charge in [0.25, 0.3) is 0 Å². The molecular formula is C13H23NO4. The molecule has 1 rings (SSSR count). The number of nitrogens with zero attached hydrogens (tertiary/aromatic N) is 1. The van der Waals surface area contributed by atoms with Crippen LogP contribution in [0.1, 0.15) is 39.5 Å². The highest BCUT2D eigenvalue weighted by molar-refractivity contribution is 5.77. The minimum absolute atomic E-state index is 0.0294. The number of likely N-dealkylation sites (N-methyl/N-ethyl adjacent to an activating group) is 1. The van der Waals surface area contributed by atoms with E-state index in [1.165, 1.54) is 0 Å². The topological polar surface area (TPSA) is 66.8 Å². The molecule has 2 unspecified atom stereocenters. The molecule has 1 aliphatic rings. The molecule has 0 saturated carbocycles. The van der Waals surface area contributed by atoms with E-state index in [4.69, 9.17) is 9.84 Å². The molecular weight excluding hydrogens is 234 g/mol. The van der Waals surface area contributed by atoms with Crippen LogP contribution in [0.5, 0.6) is 0 Å². The maximum atomic E-state index is 12.0. The normalized spacial score (nSPS) is 20.7. The molecule has 5 nitrogen and oxygen atoms in total. The Bertz CT molecular complexity index is 287. The summed E-state index contributed by atoms with van der Waals surface area (Å²) in [6.45, 7) is 5.81. The molecule has 104 valence electrons. The summed E-state index contributed by atoms with van der Waals surface area (Å²) in [7, 11) is 0. The third kappa shape index (κ3) is 5.04. The number of carbonyl (C=O) groups is 2. The molecule has 18 heavy (non-hydrogen) atoms. The summed E-state index contributed by atoms with van der Waals surface area (Å²) in [5.41, 5.74) is 0. The van der Waals surface area contributed by atoms with Crippen molar-refractivity contribution >= 4 is 11.9 Å². The van der Waals surface area contributed by atoms with Crippen LogP contribution < -0.4 is 0 Å². The van der Waals surface area contributed by atoms with Gasteiger partial charge < -0.3 is 14.7 Å². The Hall–Kier alpha value is -1.10. The zero-order valence-electron chi connectivity index (χ0n) is 11.2. The Balaban J connectivity index is 2.38. The van der Waals surface area contributed by atoms with Crippen LogP contribution in [0.25, 0.3) is 0 Å². The van der Waals surface area contributed by atoms with Crippen molar-refractivity contribution in [3.8, 4) is 0 Å². The van der Waals surface area contributed by atoms with Gasteiger partial charge in [-0.3, -0.25) is 9.59 Å². The summed E-state index contributed by atoms with van der Waals surface area (Å²) >= 11 is 0. The molecule has 0 spiro atoms. The van der Waals surface area contributed by atoms with Crippen molar-refractivity contribution in [2.24, 2.45) is 5.92 Å². The van der Waals surface area contributed by atoms with Crippen LogP contribution in [0.15, 0.2) is 0 Å². The van der Waals surface area contributed by atoms with E-state index in [1.54, 1.807) is 11.8 Å². The van der Waals surface area contributed by atoms with E-state index < -0.39 is 5.97 Å². The lowest BCUT2D eigenvalue weighted by Crippen LogP contribution is -2.38.